The molecule has 0 saturated carbocycles. The van der Waals surface area contributed by atoms with Gasteiger partial charge in [-0.2, -0.15) is 0 Å². The second-order valence-electron chi connectivity index (χ2n) is 9.52. The first-order chi connectivity index (χ1) is 16.4. The number of nitrogens with zero attached hydrogens (tertiary/aromatic N) is 5. The van der Waals surface area contributed by atoms with E-state index in [1.807, 2.05) is 12.1 Å². The Labute approximate surface area is 206 Å². The first-order valence-corrected chi connectivity index (χ1v) is 12.4. The molecule has 176 valence electrons. The summed E-state index contributed by atoms with van der Waals surface area (Å²) in [6.07, 6.45) is 7.26. The van der Waals surface area contributed by atoms with Gasteiger partial charge in [-0.25, -0.2) is 4.98 Å². The Morgan fingerprint density at radius 3 is 2.56 bits per heavy atom. The summed E-state index contributed by atoms with van der Waals surface area (Å²) >= 11 is 0. The number of amides is 1. The predicted octanol–water partition coefficient (Wildman–Crippen LogP) is 2.49. The standard InChI is InChI=1S/C25H34B2N6O/c1-3-19(2)31-14-9-21(10-15-31)33-18-17-32(16-11-25(33,26)27)23-6-4-5-22(30-23)24(34)29-20-7-12-28-13-8-20/h4-8,12-13,19,21H,3,9-11,14-18H2,1-2H3,(H,28,29,34)/t19-/m0/s1. The Kier molecular flexibility index (Phi) is 7.94. The lowest BCUT2D eigenvalue weighted by molar-refractivity contribution is 0.0722. The van der Waals surface area contributed by atoms with E-state index in [2.05, 4.69) is 43.8 Å². The molecular formula is C25H34B2N6O. The van der Waals surface area contributed by atoms with Gasteiger partial charge in [0.2, 0.25) is 0 Å². The number of aromatic nitrogens is 2. The Balaban J connectivity index is 1.41. The zero-order valence-electron chi connectivity index (χ0n) is 20.4. The molecule has 0 spiro atoms. The van der Waals surface area contributed by atoms with Crippen LogP contribution in [0.25, 0.3) is 0 Å². The molecule has 0 aromatic carbocycles. The van der Waals surface area contributed by atoms with Crippen molar-refractivity contribution in [1.29, 1.82) is 0 Å². The average Bonchev–Trinajstić information content (AvgIpc) is 3.02. The summed E-state index contributed by atoms with van der Waals surface area (Å²) in [5, 5.41) is 2.01. The lowest BCUT2D eigenvalue weighted by Crippen LogP contribution is -2.58. The number of nitrogens with one attached hydrogen (secondary N) is 1. The fourth-order valence-corrected chi connectivity index (χ4v) is 5.01. The summed E-state index contributed by atoms with van der Waals surface area (Å²) < 4.78 is 0. The monoisotopic (exact) mass is 456 g/mol. The van der Waals surface area contributed by atoms with Crippen molar-refractivity contribution in [3.05, 3.63) is 48.4 Å². The SMILES string of the molecule is [B]C1([B])CCN(c2cccc(C(=O)Nc3ccncc3)n2)CCN1C1CCN([C@@H](C)CC)CC1. The van der Waals surface area contributed by atoms with Gasteiger partial charge in [0, 0.05) is 49.8 Å². The molecule has 1 N–H and O–H groups in total. The highest BCUT2D eigenvalue weighted by molar-refractivity contribution is 6.40. The van der Waals surface area contributed by atoms with Crippen LogP contribution >= 0.6 is 0 Å². The minimum atomic E-state index is -0.853. The van der Waals surface area contributed by atoms with Crippen LogP contribution in [-0.4, -0.2) is 91.5 Å². The molecule has 2 aromatic rings. The summed E-state index contributed by atoms with van der Waals surface area (Å²) in [5.74, 6) is 0.524. The van der Waals surface area contributed by atoms with Gasteiger partial charge >= 0.3 is 0 Å². The molecule has 2 fully saturated rings. The Bertz CT molecular complexity index is 951. The Hall–Kier alpha value is -2.38. The van der Waals surface area contributed by atoms with Gasteiger partial charge < -0.3 is 20.0 Å². The van der Waals surface area contributed by atoms with E-state index in [1.165, 1.54) is 6.42 Å². The van der Waals surface area contributed by atoms with Crippen molar-refractivity contribution >= 4 is 33.1 Å². The summed E-state index contributed by atoms with van der Waals surface area (Å²) in [6.45, 7) is 8.96. The molecular weight excluding hydrogens is 422 g/mol. The zero-order valence-corrected chi connectivity index (χ0v) is 20.4. The van der Waals surface area contributed by atoms with E-state index in [0.29, 0.717) is 36.4 Å². The zero-order chi connectivity index (χ0) is 24.1. The maximum absolute atomic E-state index is 12.7. The average molecular weight is 456 g/mol. The van der Waals surface area contributed by atoms with Crippen molar-refractivity contribution in [1.82, 2.24) is 19.8 Å². The largest absolute Gasteiger partial charge is 0.355 e. The fraction of sp³-hybridized carbons (Fsp3) is 0.560. The van der Waals surface area contributed by atoms with E-state index in [0.717, 1.165) is 44.8 Å². The number of rotatable bonds is 6. The van der Waals surface area contributed by atoms with E-state index < -0.39 is 5.34 Å². The van der Waals surface area contributed by atoms with E-state index >= 15 is 0 Å². The van der Waals surface area contributed by atoms with Gasteiger partial charge in [0.05, 0.1) is 15.7 Å². The number of hydrogen-bond acceptors (Lipinski definition) is 6. The van der Waals surface area contributed by atoms with Crippen LogP contribution in [0.3, 0.4) is 0 Å². The topological polar surface area (TPSA) is 64.6 Å². The number of carbonyl (C=O) groups excluding carboxylic acids is 1. The Morgan fingerprint density at radius 1 is 1.12 bits per heavy atom. The lowest BCUT2D eigenvalue weighted by atomic mass is 9.58. The number of hydrogen-bond donors (Lipinski definition) is 1. The van der Waals surface area contributed by atoms with Crippen molar-refractivity contribution in [3.8, 4) is 0 Å². The van der Waals surface area contributed by atoms with Gasteiger partial charge in [-0.05, 0) is 70.0 Å². The molecule has 0 bridgehead atoms. The van der Waals surface area contributed by atoms with E-state index in [4.69, 9.17) is 15.7 Å². The molecule has 1 amide bonds. The van der Waals surface area contributed by atoms with Crippen molar-refractivity contribution in [2.45, 2.75) is 57.0 Å². The molecule has 0 aliphatic carbocycles. The third-order valence-corrected chi connectivity index (χ3v) is 7.31. The highest BCUT2D eigenvalue weighted by Crippen LogP contribution is 2.28. The summed E-state index contributed by atoms with van der Waals surface area (Å²) in [7, 11) is 13.3. The molecule has 0 unspecified atom stereocenters. The molecule has 2 aromatic heterocycles. The van der Waals surface area contributed by atoms with Crippen LogP contribution in [0.4, 0.5) is 11.5 Å². The fourth-order valence-electron chi connectivity index (χ4n) is 5.01. The highest BCUT2D eigenvalue weighted by atomic mass is 16.1. The van der Waals surface area contributed by atoms with Gasteiger partial charge in [0.15, 0.2) is 0 Å². The number of carbonyl (C=O) groups is 1. The van der Waals surface area contributed by atoms with E-state index in [9.17, 15) is 4.79 Å². The van der Waals surface area contributed by atoms with Crippen LogP contribution in [-0.2, 0) is 0 Å². The molecule has 2 aliphatic rings. The summed E-state index contributed by atoms with van der Waals surface area (Å²) in [6, 6.07) is 10.1. The third kappa shape index (κ3) is 5.81. The molecule has 4 radical (unpaired) electrons. The van der Waals surface area contributed by atoms with Gasteiger partial charge in [-0.15, -0.1) is 0 Å². The number of pyridine rings is 2. The molecule has 7 nitrogen and oxygen atoms in total. The predicted molar refractivity (Wildman–Crippen MR) is 139 cm³/mol. The van der Waals surface area contributed by atoms with Crippen LogP contribution in [0.2, 0.25) is 0 Å². The number of likely N-dealkylation sites (tertiary alicyclic amines) is 1. The van der Waals surface area contributed by atoms with Crippen molar-refractivity contribution in [3.63, 3.8) is 0 Å². The molecule has 2 saturated heterocycles. The number of piperidine rings is 1. The smallest absolute Gasteiger partial charge is 0.274 e. The third-order valence-electron chi connectivity index (χ3n) is 7.31. The normalized spacial score (nSPS) is 21.1. The molecule has 9 heteroatoms. The molecule has 2 aliphatic heterocycles. The van der Waals surface area contributed by atoms with Gasteiger partial charge in [0.1, 0.15) is 11.5 Å². The van der Waals surface area contributed by atoms with Crippen molar-refractivity contribution < 1.29 is 4.79 Å². The summed E-state index contributed by atoms with van der Waals surface area (Å²) in [5.41, 5.74) is 1.06. The molecule has 4 rings (SSSR count). The second kappa shape index (κ2) is 10.9. The summed E-state index contributed by atoms with van der Waals surface area (Å²) in [4.78, 5) is 28.4. The maximum Gasteiger partial charge on any atom is 0.274 e. The quantitative estimate of drug-likeness (QED) is 0.675. The van der Waals surface area contributed by atoms with Crippen LogP contribution in [0.5, 0.6) is 0 Å². The van der Waals surface area contributed by atoms with Gasteiger partial charge in [0.25, 0.3) is 5.91 Å². The maximum atomic E-state index is 12.7. The molecule has 1 atom stereocenters. The van der Waals surface area contributed by atoms with Crippen molar-refractivity contribution in [2.24, 2.45) is 0 Å². The minimum absolute atomic E-state index is 0.246. The first kappa shape index (κ1) is 24.7. The first-order valence-electron chi connectivity index (χ1n) is 12.4. The van der Waals surface area contributed by atoms with E-state index in [-0.39, 0.29) is 5.91 Å². The Morgan fingerprint density at radius 2 is 1.85 bits per heavy atom. The number of anilines is 2. The lowest BCUT2D eigenvalue weighted by Gasteiger charge is -2.47. The van der Waals surface area contributed by atoms with Gasteiger partial charge in [-0.3, -0.25) is 9.78 Å². The van der Waals surface area contributed by atoms with Crippen LogP contribution in [0.15, 0.2) is 42.7 Å². The van der Waals surface area contributed by atoms with Gasteiger partial charge in [-0.1, -0.05) is 18.3 Å². The van der Waals surface area contributed by atoms with Crippen LogP contribution in [0, 0.1) is 0 Å². The van der Waals surface area contributed by atoms with Crippen LogP contribution < -0.4 is 10.2 Å². The molecule has 34 heavy (non-hydrogen) atoms. The minimum Gasteiger partial charge on any atom is -0.355 e. The van der Waals surface area contributed by atoms with E-state index in [1.54, 1.807) is 30.6 Å². The van der Waals surface area contributed by atoms with Crippen LogP contribution in [0.1, 0.15) is 50.0 Å². The van der Waals surface area contributed by atoms with Crippen molar-refractivity contribution in [2.75, 3.05) is 42.9 Å². The highest BCUT2D eigenvalue weighted by Gasteiger charge is 2.36. The molecule has 4 heterocycles. The second-order valence-corrected chi connectivity index (χ2v) is 9.52.